The van der Waals surface area contributed by atoms with Gasteiger partial charge in [-0.15, -0.1) is 13.2 Å². The molecule has 0 atom stereocenters. The fourth-order valence-electron chi connectivity index (χ4n) is 1.72. The van der Waals surface area contributed by atoms with Gasteiger partial charge >= 0.3 is 0 Å². The average Bonchev–Trinajstić information content (AvgIpc) is 2.32. The standard InChI is InChI=1S/C15H19BrClNO/c1-4-6-18(7-5-2)8-9-19-15-13(16)10-12(3)11-14(15)17/h4-5,10-11H,1-2,6-9H2,3H3. The molecule has 0 bridgehead atoms. The van der Waals surface area contributed by atoms with E-state index in [0.29, 0.717) is 17.4 Å². The van der Waals surface area contributed by atoms with Crippen molar-refractivity contribution in [3.63, 3.8) is 0 Å². The highest BCUT2D eigenvalue weighted by Gasteiger charge is 2.08. The maximum atomic E-state index is 6.17. The smallest absolute Gasteiger partial charge is 0.152 e. The van der Waals surface area contributed by atoms with Crippen LogP contribution in [-0.2, 0) is 0 Å². The molecule has 4 heteroatoms. The van der Waals surface area contributed by atoms with Crippen LogP contribution in [0, 0.1) is 6.92 Å². The molecule has 0 aromatic heterocycles. The molecule has 0 amide bonds. The molecule has 0 radical (unpaired) electrons. The van der Waals surface area contributed by atoms with E-state index in [0.717, 1.165) is 29.7 Å². The van der Waals surface area contributed by atoms with E-state index in [1.807, 2.05) is 31.2 Å². The summed E-state index contributed by atoms with van der Waals surface area (Å²) in [5.74, 6) is 0.699. The number of aryl methyl sites for hydroxylation is 1. The number of hydrogen-bond donors (Lipinski definition) is 0. The molecule has 0 saturated heterocycles. The Labute approximate surface area is 128 Å². The van der Waals surface area contributed by atoms with E-state index in [-0.39, 0.29) is 0 Å². The lowest BCUT2D eigenvalue weighted by Gasteiger charge is -2.19. The third kappa shape index (κ3) is 5.39. The number of hydrogen-bond acceptors (Lipinski definition) is 2. The van der Waals surface area contributed by atoms with Crippen LogP contribution in [0.4, 0.5) is 0 Å². The lowest BCUT2D eigenvalue weighted by Crippen LogP contribution is -2.28. The molecule has 0 fully saturated rings. The summed E-state index contributed by atoms with van der Waals surface area (Å²) in [7, 11) is 0. The highest BCUT2D eigenvalue weighted by Crippen LogP contribution is 2.34. The van der Waals surface area contributed by atoms with Gasteiger partial charge in [-0.05, 0) is 40.5 Å². The summed E-state index contributed by atoms with van der Waals surface area (Å²) >= 11 is 9.64. The van der Waals surface area contributed by atoms with Crippen LogP contribution >= 0.6 is 27.5 Å². The van der Waals surface area contributed by atoms with Crippen molar-refractivity contribution in [2.75, 3.05) is 26.2 Å². The summed E-state index contributed by atoms with van der Waals surface area (Å²) in [6.07, 6.45) is 3.75. The molecule has 1 aromatic carbocycles. The van der Waals surface area contributed by atoms with Gasteiger partial charge in [0.15, 0.2) is 5.75 Å². The quantitative estimate of drug-likeness (QED) is 0.645. The van der Waals surface area contributed by atoms with E-state index in [2.05, 4.69) is 34.0 Å². The van der Waals surface area contributed by atoms with Gasteiger partial charge in [-0.3, -0.25) is 4.90 Å². The highest BCUT2D eigenvalue weighted by atomic mass is 79.9. The monoisotopic (exact) mass is 343 g/mol. The van der Waals surface area contributed by atoms with E-state index >= 15 is 0 Å². The van der Waals surface area contributed by atoms with Crippen LogP contribution in [0.15, 0.2) is 41.9 Å². The first kappa shape index (κ1) is 16.3. The second-order valence-electron chi connectivity index (χ2n) is 4.24. The normalized spacial score (nSPS) is 10.5. The van der Waals surface area contributed by atoms with Crippen molar-refractivity contribution in [3.05, 3.63) is 52.5 Å². The SMILES string of the molecule is C=CCN(CC=C)CCOc1c(Cl)cc(C)cc1Br. The first-order valence-corrected chi connectivity index (χ1v) is 7.28. The van der Waals surface area contributed by atoms with Crippen molar-refractivity contribution in [2.45, 2.75) is 6.92 Å². The zero-order valence-electron chi connectivity index (χ0n) is 11.2. The summed E-state index contributed by atoms with van der Waals surface area (Å²) in [5.41, 5.74) is 1.10. The second-order valence-corrected chi connectivity index (χ2v) is 5.50. The van der Waals surface area contributed by atoms with Gasteiger partial charge < -0.3 is 4.74 Å². The maximum Gasteiger partial charge on any atom is 0.152 e. The van der Waals surface area contributed by atoms with Gasteiger partial charge in [0, 0.05) is 19.6 Å². The van der Waals surface area contributed by atoms with Crippen LogP contribution in [0.3, 0.4) is 0 Å². The first-order chi connectivity index (χ1) is 9.08. The molecule has 0 N–H and O–H groups in total. The molecular weight excluding hydrogens is 326 g/mol. The molecule has 0 aliphatic rings. The van der Waals surface area contributed by atoms with Gasteiger partial charge in [0.05, 0.1) is 9.50 Å². The van der Waals surface area contributed by atoms with Crippen LogP contribution in [0.2, 0.25) is 5.02 Å². The molecule has 0 spiro atoms. The van der Waals surface area contributed by atoms with Gasteiger partial charge in [0.25, 0.3) is 0 Å². The van der Waals surface area contributed by atoms with Crippen LogP contribution in [0.5, 0.6) is 5.75 Å². The van der Waals surface area contributed by atoms with Gasteiger partial charge in [-0.1, -0.05) is 23.8 Å². The Morgan fingerprint density at radius 3 is 2.47 bits per heavy atom. The molecule has 2 nitrogen and oxygen atoms in total. The highest BCUT2D eigenvalue weighted by molar-refractivity contribution is 9.10. The third-order valence-electron chi connectivity index (χ3n) is 2.57. The third-order valence-corrected chi connectivity index (χ3v) is 3.44. The first-order valence-electron chi connectivity index (χ1n) is 6.11. The van der Waals surface area contributed by atoms with Gasteiger partial charge in [0.2, 0.25) is 0 Å². The zero-order valence-corrected chi connectivity index (χ0v) is 13.5. The molecule has 0 aliphatic heterocycles. The lowest BCUT2D eigenvalue weighted by atomic mass is 10.2. The summed E-state index contributed by atoms with van der Waals surface area (Å²) in [4.78, 5) is 2.19. The van der Waals surface area contributed by atoms with Crippen molar-refractivity contribution in [3.8, 4) is 5.75 Å². The summed E-state index contributed by atoms with van der Waals surface area (Å²) < 4.78 is 6.64. The molecule has 19 heavy (non-hydrogen) atoms. The van der Waals surface area contributed by atoms with E-state index in [9.17, 15) is 0 Å². The number of ether oxygens (including phenoxy) is 1. The van der Waals surface area contributed by atoms with Crippen LogP contribution in [-0.4, -0.2) is 31.1 Å². The maximum absolute atomic E-state index is 6.17. The predicted octanol–water partition coefficient (Wildman–Crippen LogP) is 4.46. The number of nitrogens with zero attached hydrogens (tertiary/aromatic N) is 1. The summed E-state index contributed by atoms with van der Waals surface area (Å²) in [6.45, 7) is 12.5. The minimum atomic E-state index is 0.572. The molecule has 0 heterocycles. The number of benzene rings is 1. The van der Waals surface area contributed by atoms with Crippen molar-refractivity contribution in [1.29, 1.82) is 0 Å². The van der Waals surface area contributed by atoms with E-state index < -0.39 is 0 Å². The Balaban J connectivity index is 2.57. The molecule has 0 unspecified atom stereocenters. The van der Waals surface area contributed by atoms with E-state index in [4.69, 9.17) is 16.3 Å². The van der Waals surface area contributed by atoms with E-state index in [1.54, 1.807) is 0 Å². The zero-order chi connectivity index (χ0) is 14.3. The van der Waals surface area contributed by atoms with Crippen molar-refractivity contribution in [2.24, 2.45) is 0 Å². The van der Waals surface area contributed by atoms with Crippen molar-refractivity contribution < 1.29 is 4.74 Å². The largest absolute Gasteiger partial charge is 0.490 e. The Morgan fingerprint density at radius 1 is 1.32 bits per heavy atom. The lowest BCUT2D eigenvalue weighted by molar-refractivity contribution is 0.235. The molecule has 0 saturated carbocycles. The number of rotatable bonds is 8. The Hall–Kier alpha value is -0.770. The minimum Gasteiger partial charge on any atom is -0.490 e. The molecule has 0 aliphatic carbocycles. The van der Waals surface area contributed by atoms with Crippen molar-refractivity contribution >= 4 is 27.5 Å². The summed E-state index contributed by atoms with van der Waals surface area (Å²) in [6, 6.07) is 3.89. The Bertz CT molecular complexity index is 415. The second kappa shape index (κ2) is 8.41. The van der Waals surface area contributed by atoms with Crippen LogP contribution in [0.25, 0.3) is 0 Å². The van der Waals surface area contributed by atoms with Crippen LogP contribution in [0.1, 0.15) is 5.56 Å². The van der Waals surface area contributed by atoms with Gasteiger partial charge in [0.1, 0.15) is 6.61 Å². The minimum absolute atomic E-state index is 0.572. The molecular formula is C15H19BrClNO. The fraction of sp³-hybridized carbons (Fsp3) is 0.333. The van der Waals surface area contributed by atoms with Crippen LogP contribution < -0.4 is 4.74 Å². The van der Waals surface area contributed by atoms with E-state index in [1.165, 1.54) is 0 Å². The Kier molecular flexibility index (Phi) is 7.21. The predicted molar refractivity (Wildman–Crippen MR) is 86.2 cm³/mol. The fourth-order valence-corrected chi connectivity index (χ4v) is 2.86. The molecule has 104 valence electrons. The number of halogens is 2. The molecule has 1 rings (SSSR count). The Morgan fingerprint density at radius 2 is 1.95 bits per heavy atom. The van der Waals surface area contributed by atoms with Gasteiger partial charge in [-0.25, -0.2) is 0 Å². The van der Waals surface area contributed by atoms with Crippen molar-refractivity contribution in [1.82, 2.24) is 4.90 Å². The summed E-state index contributed by atoms with van der Waals surface area (Å²) in [5, 5.41) is 0.630. The van der Waals surface area contributed by atoms with Gasteiger partial charge in [-0.2, -0.15) is 0 Å². The average molecular weight is 345 g/mol. The topological polar surface area (TPSA) is 12.5 Å². The molecule has 1 aromatic rings.